The number of amides is 3. The Bertz CT molecular complexity index is 557. The summed E-state index contributed by atoms with van der Waals surface area (Å²) < 4.78 is 0. The lowest BCUT2D eigenvalue weighted by molar-refractivity contribution is -0.115. The number of nitrogens with one attached hydrogen (secondary N) is 1. The van der Waals surface area contributed by atoms with Crippen LogP contribution in [0.3, 0.4) is 0 Å². The third-order valence-corrected chi connectivity index (χ3v) is 2.83. The van der Waals surface area contributed by atoms with Crippen LogP contribution in [0.1, 0.15) is 10.4 Å². The molecule has 1 heterocycles. The maximum Gasteiger partial charge on any atom is 0.337 e. The number of nitrogens with zero attached hydrogens (tertiary/aromatic N) is 1. The minimum Gasteiger partial charge on any atom is -0.478 e. The lowest BCUT2D eigenvalue weighted by atomic mass is 10.1. The van der Waals surface area contributed by atoms with E-state index >= 15 is 0 Å². The molecule has 1 fully saturated rings. The number of carboxylic acids is 1. The zero-order valence-electron chi connectivity index (χ0n) is 8.74. The molecular formula is C10H6Cl2N2O4. The van der Waals surface area contributed by atoms with Gasteiger partial charge in [0.05, 0.1) is 22.8 Å². The number of aromatic carboxylic acids is 1. The average Bonchev–Trinajstić information content (AvgIpc) is 2.58. The van der Waals surface area contributed by atoms with Crippen molar-refractivity contribution in [1.29, 1.82) is 0 Å². The van der Waals surface area contributed by atoms with Crippen molar-refractivity contribution in [2.75, 3.05) is 11.4 Å². The summed E-state index contributed by atoms with van der Waals surface area (Å²) in [7, 11) is 0. The molecule has 94 valence electrons. The third-order valence-electron chi connectivity index (χ3n) is 2.33. The van der Waals surface area contributed by atoms with Crippen LogP contribution in [0, 0.1) is 0 Å². The first-order valence-electron chi connectivity index (χ1n) is 4.75. The van der Waals surface area contributed by atoms with Crippen LogP contribution in [-0.2, 0) is 4.79 Å². The Hall–Kier alpha value is -1.79. The van der Waals surface area contributed by atoms with E-state index in [9.17, 15) is 14.4 Å². The zero-order chi connectivity index (χ0) is 13.4. The van der Waals surface area contributed by atoms with Crippen molar-refractivity contribution in [1.82, 2.24) is 5.32 Å². The predicted octanol–water partition coefficient (Wildman–Crippen LogP) is 1.75. The van der Waals surface area contributed by atoms with Gasteiger partial charge in [-0.1, -0.05) is 23.2 Å². The molecule has 3 amide bonds. The van der Waals surface area contributed by atoms with E-state index in [0.29, 0.717) is 4.90 Å². The van der Waals surface area contributed by atoms with Crippen molar-refractivity contribution in [3.05, 3.63) is 27.7 Å². The summed E-state index contributed by atoms with van der Waals surface area (Å²) in [5, 5.41) is 11.4. The highest BCUT2D eigenvalue weighted by Crippen LogP contribution is 2.34. The summed E-state index contributed by atoms with van der Waals surface area (Å²) in [6, 6.07) is 1.68. The van der Waals surface area contributed by atoms with Gasteiger partial charge < -0.3 is 10.4 Å². The van der Waals surface area contributed by atoms with Crippen LogP contribution in [0.4, 0.5) is 10.5 Å². The number of halogens is 2. The van der Waals surface area contributed by atoms with Gasteiger partial charge in [0.15, 0.2) is 0 Å². The summed E-state index contributed by atoms with van der Waals surface area (Å²) in [6.07, 6.45) is 0. The molecular weight excluding hydrogens is 283 g/mol. The highest BCUT2D eigenvalue weighted by atomic mass is 35.5. The smallest absolute Gasteiger partial charge is 0.337 e. The summed E-state index contributed by atoms with van der Waals surface area (Å²) in [5.74, 6) is -1.91. The Morgan fingerprint density at radius 2 is 2.00 bits per heavy atom. The molecule has 0 unspecified atom stereocenters. The Balaban J connectivity index is 2.66. The Morgan fingerprint density at radius 3 is 2.50 bits per heavy atom. The van der Waals surface area contributed by atoms with Gasteiger partial charge in [0, 0.05) is 5.02 Å². The predicted molar refractivity (Wildman–Crippen MR) is 64.3 cm³/mol. The number of hydrogen-bond acceptors (Lipinski definition) is 3. The largest absolute Gasteiger partial charge is 0.478 e. The molecule has 0 bridgehead atoms. The minimum atomic E-state index is -1.33. The Kier molecular flexibility index (Phi) is 3.14. The molecule has 0 spiro atoms. The first kappa shape index (κ1) is 12.7. The van der Waals surface area contributed by atoms with Crippen LogP contribution >= 0.6 is 23.2 Å². The number of anilines is 1. The van der Waals surface area contributed by atoms with E-state index in [1.54, 1.807) is 0 Å². The fourth-order valence-electron chi connectivity index (χ4n) is 1.61. The van der Waals surface area contributed by atoms with E-state index < -0.39 is 17.9 Å². The first-order valence-corrected chi connectivity index (χ1v) is 5.50. The van der Waals surface area contributed by atoms with E-state index in [1.165, 1.54) is 6.07 Å². The second kappa shape index (κ2) is 4.47. The molecule has 2 N–H and O–H groups in total. The van der Waals surface area contributed by atoms with Gasteiger partial charge in [0.25, 0.3) is 5.91 Å². The maximum absolute atomic E-state index is 11.6. The van der Waals surface area contributed by atoms with Crippen molar-refractivity contribution in [2.24, 2.45) is 0 Å². The molecule has 6 nitrogen and oxygen atoms in total. The second-order valence-electron chi connectivity index (χ2n) is 3.48. The minimum absolute atomic E-state index is 0.0784. The number of hydrogen-bond donors (Lipinski definition) is 2. The lowest BCUT2D eigenvalue weighted by Crippen LogP contribution is -2.32. The number of carbonyl (C=O) groups is 3. The van der Waals surface area contributed by atoms with Gasteiger partial charge >= 0.3 is 12.0 Å². The molecule has 18 heavy (non-hydrogen) atoms. The van der Waals surface area contributed by atoms with Crippen molar-refractivity contribution < 1.29 is 19.5 Å². The maximum atomic E-state index is 11.6. The SMILES string of the molecule is O=C(O)c1cc(Cl)cc(Cl)c1N1C(=O)CNC1=O. The van der Waals surface area contributed by atoms with E-state index in [-0.39, 0.29) is 27.8 Å². The summed E-state index contributed by atoms with van der Waals surface area (Å²) in [6.45, 7) is -0.198. The zero-order valence-corrected chi connectivity index (χ0v) is 10.2. The van der Waals surface area contributed by atoms with Gasteiger partial charge in [0.2, 0.25) is 0 Å². The standard InChI is InChI=1S/C10H6Cl2N2O4/c11-4-1-5(9(16)17)8(6(12)2-4)14-7(15)3-13-10(14)18/h1-2H,3H2,(H,13,18)(H,16,17). The van der Waals surface area contributed by atoms with Crippen LogP contribution < -0.4 is 10.2 Å². The van der Waals surface area contributed by atoms with Crippen LogP contribution in [0.2, 0.25) is 10.0 Å². The van der Waals surface area contributed by atoms with Crippen LogP contribution in [0.5, 0.6) is 0 Å². The second-order valence-corrected chi connectivity index (χ2v) is 4.32. The van der Waals surface area contributed by atoms with Gasteiger partial charge in [-0.25, -0.2) is 14.5 Å². The molecule has 1 aromatic rings. The number of imide groups is 1. The molecule has 2 rings (SSSR count). The molecule has 1 aliphatic rings. The summed E-state index contributed by atoms with van der Waals surface area (Å²) in [4.78, 5) is 34.9. The molecule has 8 heteroatoms. The highest BCUT2D eigenvalue weighted by Gasteiger charge is 2.34. The van der Waals surface area contributed by atoms with Crippen LogP contribution in [-0.4, -0.2) is 29.6 Å². The molecule has 1 aliphatic heterocycles. The van der Waals surface area contributed by atoms with Gasteiger partial charge in [-0.05, 0) is 12.1 Å². The molecule has 0 aromatic heterocycles. The lowest BCUT2D eigenvalue weighted by Gasteiger charge is -2.17. The van der Waals surface area contributed by atoms with Gasteiger partial charge in [-0.2, -0.15) is 0 Å². The van der Waals surface area contributed by atoms with E-state index in [4.69, 9.17) is 28.3 Å². The fourth-order valence-corrected chi connectivity index (χ4v) is 2.18. The number of benzene rings is 1. The fraction of sp³-hybridized carbons (Fsp3) is 0.100. The number of urea groups is 1. The van der Waals surface area contributed by atoms with E-state index in [1.807, 2.05) is 0 Å². The van der Waals surface area contributed by atoms with Crippen molar-refractivity contribution in [3.8, 4) is 0 Å². The van der Waals surface area contributed by atoms with Crippen LogP contribution in [0.25, 0.3) is 0 Å². The van der Waals surface area contributed by atoms with Crippen molar-refractivity contribution in [2.45, 2.75) is 0 Å². The molecule has 0 aliphatic carbocycles. The molecule has 0 atom stereocenters. The summed E-state index contributed by atoms with van der Waals surface area (Å²) >= 11 is 11.6. The quantitative estimate of drug-likeness (QED) is 0.812. The topological polar surface area (TPSA) is 86.7 Å². The van der Waals surface area contributed by atoms with Gasteiger partial charge in [-0.15, -0.1) is 0 Å². The monoisotopic (exact) mass is 288 g/mol. The normalized spacial score (nSPS) is 14.9. The summed E-state index contributed by atoms with van der Waals surface area (Å²) in [5.41, 5.74) is -0.480. The number of rotatable bonds is 2. The Labute approximate surface area is 111 Å². The molecule has 0 saturated carbocycles. The third kappa shape index (κ3) is 2.00. The van der Waals surface area contributed by atoms with E-state index in [0.717, 1.165) is 6.07 Å². The molecule has 0 radical (unpaired) electrons. The highest BCUT2D eigenvalue weighted by molar-refractivity contribution is 6.39. The molecule has 1 saturated heterocycles. The number of carbonyl (C=O) groups excluding carboxylic acids is 2. The Morgan fingerprint density at radius 1 is 1.33 bits per heavy atom. The van der Waals surface area contributed by atoms with Crippen LogP contribution in [0.15, 0.2) is 12.1 Å². The van der Waals surface area contributed by atoms with Crippen molar-refractivity contribution >= 4 is 46.8 Å². The molecule has 1 aromatic carbocycles. The van der Waals surface area contributed by atoms with Gasteiger partial charge in [0.1, 0.15) is 0 Å². The number of carboxylic acid groups (broad SMARTS) is 1. The average molecular weight is 289 g/mol. The first-order chi connectivity index (χ1) is 8.41. The van der Waals surface area contributed by atoms with Gasteiger partial charge in [-0.3, -0.25) is 4.79 Å². The van der Waals surface area contributed by atoms with Crippen molar-refractivity contribution in [3.63, 3.8) is 0 Å². The van der Waals surface area contributed by atoms with E-state index in [2.05, 4.69) is 5.32 Å².